The maximum atomic E-state index is 3.84. The summed E-state index contributed by atoms with van der Waals surface area (Å²) < 4.78 is 0. The summed E-state index contributed by atoms with van der Waals surface area (Å²) in [4.78, 5) is 5.30. The molecule has 0 aromatic rings. The van der Waals surface area contributed by atoms with Gasteiger partial charge in [0, 0.05) is 43.8 Å². The molecule has 19 heavy (non-hydrogen) atoms. The molecule has 0 aliphatic carbocycles. The van der Waals surface area contributed by atoms with Gasteiger partial charge < -0.3 is 5.32 Å². The first-order valence-corrected chi connectivity index (χ1v) is 8.32. The third-order valence-electron chi connectivity index (χ3n) is 4.96. The summed E-state index contributed by atoms with van der Waals surface area (Å²) in [6, 6.07) is 2.88. The molecule has 3 heteroatoms. The average Bonchev–Trinajstić information content (AvgIpc) is 2.77. The minimum Gasteiger partial charge on any atom is -0.311 e. The molecule has 0 aromatic heterocycles. The molecule has 2 atom stereocenters. The first-order chi connectivity index (χ1) is 9.09. The highest BCUT2D eigenvalue weighted by atomic mass is 15.2. The summed E-state index contributed by atoms with van der Waals surface area (Å²) in [5, 5.41) is 3.84. The predicted molar refractivity (Wildman–Crippen MR) is 82.6 cm³/mol. The molecule has 2 rings (SSSR count). The lowest BCUT2D eigenvalue weighted by molar-refractivity contribution is 0.161. The third-order valence-corrected chi connectivity index (χ3v) is 4.96. The van der Waals surface area contributed by atoms with E-state index >= 15 is 0 Å². The monoisotopic (exact) mass is 267 g/mol. The molecule has 112 valence electrons. The Balaban J connectivity index is 1.73. The van der Waals surface area contributed by atoms with Gasteiger partial charge in [-0.3, -0.25) is 9.80 Å². The zero-order valence-corrected chi connectivity index (χ0v) is 13.4. The fourth-order valence-corrected chi connectivity index (χ4v) is 3.98. The van der Waals surface area contributed by atoms with Gasteiger partial charge in [-0.1, -0.05) is 6.42 Å². The predicted octanol–water partition coefficient (Wildman–Crippen LogP) is 2.32. The number of hydrogen-bond donors (Lipinski definition) is 1. The Morgan fingerprint density at radius 3 is 2.47 bits per heavy atom. The number of hydrogen-bond acceptors (Lipinski definition) is 3. The molecule has 2 heterocycles. The molecule has 2 fully saturated rings. The van der Waals surface area contributed by atoms with Crippen LogP contribution in [0.4, 0.5) is 0 Å². The first-order valence-electron chi connectivity index (χ1n) is 8.32. The van der Waals surface area contributed by atoms with Crippen LogP contribution in [0.15, 0.2) is 0 Å². The van der Waals surface area contributed by atoms with Gasteiger partial charge in [0.05, 0.1) is 0 Å². The zero-order valence-electron chi connectivity index (χ0n) is 13.4. The first kappa shape index (κ1) is 15.3. The molecule has 0 bridgehead atoms. The second-order valence-electron chi connectivity index (χ2n) is 6.87. The normalized spacial score (nSPS) is 28.6. The number of piperidine rings is 1. The van der Waals surface area contributed by atoms with E-state index in [1.165, 1.54) is 45.3 Å². The lowest BCUT2D eigenvalue weighted by atomic mass is 9.99. The van der Waals surface area contributed by atoms with Crippen LogP contribution in [0.2, 0.25) is 0 Å². The Labute approximate surface area is 119 Å². The van der Waals surface area contributed by atoms with Crippen molar-refractivity contribution >= 4 is 0 Å². The topological polar surface area (TPSA) is 18.5 Å². The van der Waals surface area contributed by atoms with Gasteiger partial charge in [0.15, 0.2) is 0 Å². The Hall–Kier alpha value is -0.120. The molecular weight excluding hydrogens is 234 g/mol. The molecule has 0 radical (unpaired) electrons. The number of rotatable bonds is 6. The van der Waals surface area contributed by atoms with Crippen molar-refractivity contribution < 1.29 is 0 Å². The van der Waals surface area contributed by atoms with Crippen LogP contribution >= 0.6 is 0 Å². The molecule has 0 spiro atoms. The molecular formula is C16H33N3. The summed E-state index contributed by atoms with van der Waals surface area (Å²) in [6.07, 6.45) is 5.62. The summed E-state index contributed by atoms with van der Waals surface area (Å²) in [5.41, 5.74) is 0. The van der Waals surface area contributed by atoms with E-state index in [4.69, 9.17) is 0 Å². The van der Waals surface area contributed by atoms with E-state index in [0.29, 0.717) is 12.1 Å². The number of nitrogens with one attached hydrogen (secondary N) is 1. The fourth-order valence-electron chi connectivity index (χ4n) is 3.98. The smallest absolute Gasteiger partial charge is 0.0249 e. The van der Waals surface area contributed by atoms with Crippen molar-refractivity contribution in [3.8, 4) is 0 Å². The van der Waals surface area contributed by atoms with Gasteiger partial charge in [-0.25, -0.2) is 0 Å². The second kappa shape index (κ2) is 7.05. The highest BCUT2D eigenvalue weighted by Crippen LogP contribution is 2.26. The quantitative estimate of drug-likeness (QED) is 0.797. The van der Waals surface area contributed by atoms with E-state index in [1.54, 1.807) is 0 Å². The Bertz CT molecular complexity index is 257. The van der Waals surface area contributed by atoms with Gasteiger partial charge in [0.1, 0.15) is 0 Å². The maximum Gasteiger partial charge on any atom is 0.0249 e. The molecule has 2 unspecified atom stereocenters. The van der Waals surface area contributed by atoms with Gasteiger partial charge in [-0.05, 0) is 53.5 Å². The largest absolute Gasteiger partial charge is 0.311 e. The SMILES string of the molecule is CC(C)N(CCNC1CCN2CCCCC12)C(C)C. The summed E-state index contributed by atoms with van der Waals surface area (Å²) in [7, 11) is 0. The van der Waals surface area contributed by atoms with Crippen LogP contribution in [0.5, 0.6) is 0 Å². The summed E-state index contributed by atoms with van der Waals surface area (Å²) >= 11 is 0. The van der Waals surface area contributed by atoms with E-state index in [1.807, 2.05) is 0 Å². The number of nitrogens with zero attached hydrogens (tertiary/aromatic N) is 2. The Kier molecular flexibility index (Phi) is 5.67. The van der Waals surface area contributed by atoms with Crippen molar-refractivity contribution in [2.24, 2.45) is 0 Å². The maximum absolute atomic E-state index is 3.84. The average molecular weight is 267 g/mol. The minimum absolute atomic E-state index is 0.650. The van der Waals surface area contributed by atoms with E-state index in [2.05, 4.69) is 42.8 Å². The van der Waals surface area contributed by atoms with Crippen LogP contribution in [0, 0.1) is 0 Å². The third kappa shape index (κ3) is 3.93. The molecule has 3 nitrogen and oxygen atoms in total. The molecule has 0 aromatic carbocycles. The summed E-state index contributed by atoms with van der Waals surface area (Å²) in [6.45, 7) is 14.2. The standard InChI is InChI=1S/C16H33N3/c1-13(2)19(14(3)4)12-9-17-15-8-11-18-10-6-5-7-16(15)18/h13-17H,5-12H2,1-4H3. The Morgan fingerprint density at radius 2 is 1.79 bits per heavy atom. The molecule has 2 aliphatic heterocycles. The van der Waals surface area contributed by atoms with Gasteiger partial charge in [0.25, 0.3) is 0 Å². The van der Waals surface area contributed by atoms with E-state index < -0.39 is 0 Å². The lowest BCUT2D eigenvalue weighted by Gasteiger charge is -2.34. The molecule has 2 aliphatic rings. The van der Waals surface area contributed by atoms with E-state index in [0.717, 1.165) is 18.6 Å². The van der Waals surface area contributed by atoms with Crippen molar-refractivity contribution in [2.75, 3.05) is 26.2 Å². The van der Waals surface area contributed by atoms with E-state index in [9.17, 15) is 0 Å². The molecule has 1 N–H and O–H groups in total. The van der Waals surface area contributed by atoms with Crippen molar-refractivity contribution in [2.45, 2.75) is 77.5 Å². The van der Waals surface area contributed by atoms with Crippen LogP contribution < -0.4 is 5.32 Å². The molecule has 2 saturated heterocycles. The zero-order chi connectivity index (χ0) is 13.8. The highest BCUT2D eigenvalue weighted by Gasteiger charge is 2.34. The van der Waals surface area contributed by atoms with E-state index in [-0.39, 0.29) is 0 Å². The van der Waals surface area contributed by atoms with Gasteiger partial charge in [-0.2, -0.15) is 0 Å². The van der Waals surface area contributed by atoms with Crippen LogP contribution in [-0.2, 0) is 0 Å². The second-order valence-corrected chi connectivity index (χ2v) is 6.87. The van der Waals surface area contributed by atoms with Gasteiger partial charge in [0.2, 0.25) is 0 Å². The van der Waals surface area contributed by atoms with Crippen LogP contribution in [0.25, 0.3) is 0 Å². The van der Waals surface area contributed by atoms with Crippen LogP contribution in [-0.4, -0.2) is 60.1 Å². The lowest BCUT2D eigenvalue weighted by Crippen LogP contribution is -2.48. The van der Waals surface area contributed by atoms with Crippen molar-refractivity contribution in [3.63, 3.8) is 0 Å². The van der Waals surface area contributed by atoms with Crippen LogP contribution in [0.3, 0.4) is 0 Å². The Morgan fingerprint density at radius 1 is 1.05 bits per heavy atom. The molecule has 0 saturated carbocycles. The van der Waals surface area contributed by atoms with Crippen molar-refractivity contribution in [1.29, 1.82) is 0 Å². The summed E-state index contributed by atoms with van der Waals surface area (Å²) in [5.74, 6) is 0. The fraction of sp³-hybridized carbons (Fsp3) is 1.00. The van der Waals surface area contributed by atoms with Crippen LogP contribution in [0.1, 0.15) is 53.4 Å². The number of fused-ring (bicyclic) bond motifs is 1. The molecule has 0 amide bonds. The highest BCUT2D eigenvalue weighted by molar-refractivity contribution is 4.94. The van der Waals surface area contributed by atoms with Crippen molar-refractivity contribution in [1.82, 2.24) is 15.1 Å². The van der Waals surface area contributed by atoms with Gasteiger partial charge in [-0.15, -0.1) is 0 Å². The minimum atomic E-state index is 0.650. The van der Waals surface area contributed by atoms with Crippen molar-refractivity contribution in [3.05, 3.63) is 0 Å². The van der Waals surface area contributed by atoms with Gasteiger partial charge >= 0.3 is 0 Å².